The monoisotopic (exact) mass is 1140 g/mol. The maximum Gasteiger partial charge on any atom is 0.419 e. The number of carboxylic acid groups (broad SMARTS) is 1. The minimum Gasteiger partial charge on any atom is -0.488 e. The molecule has 3 atom stereocenters. The van der Waals surface area contributed by atoms with Crippen molar-refractivity contribution in [3.05, 3.63) is 151 Å². The number of carbonyl (C=O) groups excluding carboxylic acids is 2. The second-order valence-corrected chi connectivity index (χ2v) is 20.8. The summed E-state index contributed by atoms with van der Waals surface area (Å²) in [6.45, 7) is 10.5. The Morgan fingerprint density at radius 1 is 0.680 bits per heavy atom. The van der Waals surface area contributed by atoms with Crippen LogP contribution in [0.4, 0.5) is 26.3 Å². The van der Waals surface area contributed by atoms with Gasteiger partial charge in [-0.1, -0.05) is 79.5 Å². The van der Waals surface area contributed by atoms with Crippen molar-refractivity contribution in [1.82, 2.24) is 4.90 Å². The van der Waals surface area contributed by atoms with E-state index in [1.54, 1.807) is 31.2 Å². The van der Waals surface area contributed by atoms with Crippen LogP contribution >= 0.6 is 63.7 Å². The molecule has 3 aliphatic rings. The number of halogens is 8. The maximum absolute atomic E-state index is 14.1. The molecular weight excluding hydrogens is 1080 g/mol. The Labute approximate surface area is 463 Å². The average Bonchev–Trinajstić information content (AvgIpc) is 3.93. The summed E-state index contributed by atoms with van der Waals surface area (Å²) in [6, 6.07) is 23.6. The van der Waals surface area contributed by atoms with E-state index in [4.69, 9.17) is 47.3 Å². The van der Waals surface area contributed by atoms with E-state index in [0.717, 1.165) is 28.8 Å². The van der Waals surface area contributed by atoms with Gasteiger partial charge in [-0.3, -0.25) is 19.3 Å². The van der Waals surface area contributed by atoms with Gasteiger partial charge in [0.15, 0.2) is 0 Å². The number of carbonyl (C=O) groups is 3. The van der Waals surface area contributed by atoms with E-state index in [-0.39, 0.29) is 108 Å². The van der Waals surface area contributed by atoms with Gasteiger partial charge in [0.2, 0.25) is 11.8 Å². The summed E-state index contributed by atoms with van der Waals surface area (Å²) in [5.74, 6) is -2.65. The highest BCUT2D eigenvalue weighted by molar-refractivity contribution is 7.59. The molecule has 5 aromatic carbocycles. The lowest BCUT2D eigenvalue weighted by Crippen LogP contribution is -2.43. The number of likely N-dealkylation sites (tertiary alicyclic amines) is 1. The summed E-state index contributed by atoms with van der Waals surface area (Å²) < 4.78 is 106. The van der Waals surface area contributed by atoms with Crippen molar-refractivity contribution >= 4 is 81.5 Å². The third kappa shape index (κ3) is 15.9. The smallest absolute Gasteiger partial charge is 0.419 e. The predicted octanol–water partition coefficient (Wildman–Crippen LogP) is 13.8. The Morgan fingerprint density at radius 2 is 1.12 bits per heavy atom. The van der Waals surface area contributed by atoms with Crippen molar-refractivity contribution in [3.63, 3.8) is 0 Å². The molecule has 0 aliphatic carbocycles. The predicted molar refractivity (Wildman–Crippen MR) is 291 cm³/mol. The van der Waals surface area contributed by atoms with E-state index in [0.29, 0.717) is 63.9 Å². The van der Waals surface area contributed by atoms with Crippen LogP contribution in [0.1, 0.15) is 104 Å². The number of rotatable bonds is 14. The zero-order chi connectivity index (χ0) is 52.5. The third-order valence-electron chi connectivity index (χ3n) is 12.7. The van der Waals surface area contributed by atoms with Gasteiger partial charge in [-0.25, -0.2) is 0 Å². The van der Waals surface area contributed by atoms with Crippen LogP contribution in [-0.2, 0) is 72.1 Å². The molecule has 9 nitrogen and oxygen atoms in total. The van der Waals surface area contributed by atoms with E-state index in [1.165, 1.54) is 36.1 Å². The van der Waals surface area contributed by atoms with Crippen LogP contribution in [0.2, 0.25) is 10.0 Å². The van der Waals surface area contributed by atoms with Crippen LogP contribution < -0.4 is 18.9 Å². The molecule has 3 aliphatic heterocycles. The summed E-state index contributed by atoms with van der Waals surface area (Å²) in [5.41, 5.74) is 1.78. The number of fused-ring (bicyclic) bond motifs is 2. The van der Waals surface area contributed by atoms with Gasteiger partial charge in [0.25, 0.3) is 0 Å². The van der Waals surface area contributed by atoms with Crippen LogP contribution in [0.15, 0.2) is 91.0 Å². The zero-order valence-corrected chi connectivity index (χ0v) is 46.5. The second kappa shape index (κ2) is 25.1. The van der Waals surface area contributed by atoms with Crippen LogP contribution in [0.25, 0.3) is 0 Å². The van der Waals surface area contributed by atoms with Gasteiger partial charge < -0.3 is 24.1 Å². The minimum absolute atomic E-state index is 0. The van der Waals surface area contributed by atoms with E-state index in [9.17, 15) is 40.7 Å². The molecule has 2 amide bonds. The number of imide groups is 1. The number of hydrogen-bond acceptors (Lipinski definition) is 7. The first-order valence-corrected chi connectivity index (χ1v) is 24.2. The number of carboxylic acids is 1. The Bertz CT molecular complexity index is 2850. The quantitative estimate of drug-likeness (QED) is 0.109. The molecule has 1 N–H and O–H groups in total. The summed E-state index contributed by atoms with van der Waals surface area (Å²) in [7, 11) is 0. The SMILES string of the molecule is C[C@@H](Cc1ccc(OCc2cc(Cl)cc3c2OC(C)(C)C3)c(C(F)(F)F)c1)C(=O)N1C(=O)CC[C@H]1Cc1ccccc1.C[C@@H](Cc1ccc(OCc2cc(Cl)cc3c2OC(C)(C)C3)c(C(F)(F)F)c1)C(=O)O.S.S.S. The molecule has 0 saturated carbocycles. The van der Waals surface area contributed by atoms with Gasteiger partial charge in [-0.05, 0) is 130 Å². The number of alkyl halides is 6. The van der Waals surface area contributed by atoms with E-state index in [2.05, 4.69) is 0 Å². The summed E-state index contributed by atoms with van der Waals surface area (Å²) in [5, 5.41) is 9.92. The van der Waals surface area contributed by atoms with Crippen molar-refractivity contribution in [3.8, 4) is 23.0 Å². The molecule has 0 aromatic heterocycles. The van der Waals surface area contributed by atoms with Crippen molar-refractivity contribution < 1.29 is 64.8 Å². The minimum atomic E-state index is -4.68. The topological polar surface area (TPSA) is 112 Å². The first-order chi connectivity index (χ1) is 33.7. The molecule has 20 heteroatoms. The van der Waals surface area contributed by atoms with Crippen LogP contribution in [0, 0.1) is 11.8 Å². The molecule has 408 valence electrons. The number of amides is 2. The highest BCUT2D eigenvalue weighted by atomic mass is 35.5. The lowest BCUT2D eigenvalue weighted by Gasteiger charge is -2.26. The van der Waals surface area contributed by atoms with Gasteiger partial charge in [-0.2, -0.15) is 66.8 Å². The highest BCUT2D eigenvalue weighted by Crippen LogP contribution is 2.44. The number of nitrogens with zero attached hydrogens (tertiary/aromatic N) is 1. The summed E-state index contributed by atoms with van der Waals surface area (Å²) >= 11 is 12.4. The molecule has 1 fully saturated rings. The van der Waals surface area contributed by atoms with Gasteiger partial charge in [0.1, 0.15) is 47.4 Å². The summed E-state index contributed by atoms with van der Waals surface area (Å²) in [6.07, 6.45) is -6.63. The van der Waals surface area contributed by atoms with Crippen molar-refractivity contribution in [2.45, 2.75) is 129 Å². The maximum atomic E-state index is 14.1. The Hall–Kier alpha value is -4.88. The molecule has 0 unspecified atom stereocenters. The Balaban J connectivity index is 0.000000328. The zero-order valence-electron chi connectivity index (χ0n) is 42.0. The number of benzene rings is 5. The van der Waals surface area contributed by atoms with Crippen molar-refractivity contribution in [2.75, 3.05) is 0 Å². The van der Waals surface area contributed by atoms with Crippen molar-refractivity contribution in [2.24, 2.45) is 11.8 Å². The average molecular weight is 1150 g/mol. The Kier molecular flexibility index (Phi) is 20.9. The lowest BCUT2D eigenvalue weighted by molar-refractivity contribution is -0.146. The lowest BCUT2D eigenvalue weighted by atomic mass is 9.96. The van der Waals surface area contributed by atoms with Crippen LogP contribution in [0.5, 0.6) is 23.0 Å². The third-order valence-corrected chi connectivity index (χ3v) is 13.1. The fourth-order valence-electron chi connectivity index (χ4n) is 9.36. The van der Waals surface area contributed by atoms with Crippen LogP contribution in [-0.4, -0.2) is 45.0 Å². The molecule has 0 radical (unpaired) electrons. The normalized spacial score (nSPS) is 16.7. The van der Waals surface area contributed by atoms with E-state index >= 15 is 0 Å². The fraction of sp³-hybridized carbons (Fsp3) is 0.400. The fourth-order valence-corrected chi connectivity index (χ4v) is 9.89. The molecule has 0 bridgehead atoms. The van der Waals surface area contributed by atoms with Gasteiger partial charge in [0, 0.05) is 52.4 Å². The number of hydrogen-bond donors (Lipinski definition) is 1. The first-order valence-electron chi connectivity index (χ1n) is 23.5. The molecular formula is C55H61Cl2F6NO8S3. The molecule has 1 saturated heterocycles. The molecule has 8 rings (SSSR count). The number of aliphatic carboxylic acids is 1. The van der Waals surface area contributed by atoms with Gasteiger partial charge >= 0.3 is 18.3 Å². The first kappa shape index (κ1) is 62.7. The molecule has 5 aromatic rings. The van der Waals surface area contributed by atoms with E-state index in [1.807, 2.05) is 58.0 Å². The molecule has 3 heterocycles. The van der Waals surface area contributed by atoms with E-state index < -0.39 is 52.5 Å². The number of ether oxygens (including phenoxy) is 4. The highest BCUT2D eigenvalue weighted by Gasteiger charge is 2.40. The summed E-state index contributed by atoms with van der Waals surface area (Å²) in [4.78, 5) is 38.3. The largest absolute Gasteiger partial charge is 0.488 e. The van der Waals surface area contributed by atoms with Gasteiger partial charge in [0.05, 0.1) is 17.0 Å². The van der Waals surface area contributed by atoms with Crippen molar-refractivity contribution in [1.29, 1.82) is 0 Å². The second-order valence-electron chi connectivity index (χ2n) is 20.0. The van der Waals surface area contributed by atoms with Crippen LogP contribution in [0.3, 0.4) is 0 Å². The standard InChI is InChI=1S/C33H33ClF3NO4.C22H22ClF3O4.3H2S/c1-20(31(40)38-26(10-12-29(38)39)14-21-7-5-4-6-8-21)13-22-9-11-28(27(15-22)33(35,36)37)41-19-24-17-25(34)16-23-18-32(2,3)42-30(23)24;1-12(20(27)28)6-13-4-5-18(17(7-13)22(24,25)26)29-11-15-9-16(23)8-14-10-21(2,3)30-19(14)15;;;/h4-9,11,15-17,20,26H,10,12-14,18-19H2,1-3H3;4-5,7-9,12H,6,10-11H2,1-3H3,(H,27,28);3*1H2/t20-,26-;12-;;;/m00.../s1. The molecule has 75 heavy (non-hydrogen) atoms. The van der Waals surface area contributed by atoms with Gasteiger partial charge in [-0.15, -0.1) is 0 Å². The molecule has 0 spiro atoms. The Morgan fingerprint density at radius 3 is 1.55 bits per heavy atom.